The lowest BCUT2D eigenvalue weighted by atomic mass is 10.0. The van der Waals surface area contributed by atoms with Gasteiger partial charge in [0.05, 0.1) is 10.6 Å². The molecule has 1 atom stereocenters. The highest BCUT2D eigenvalue weighted by atomic mass is 79.9. The van der Waals surface area contributed by atoms with Crippen LogP contribution in [0, 0.1) is 0 Å². The predicted octanol–water partition coefficient (Wildman–Crippen LogP) is 5.81. The third-order valence-electron chi connectivity index (χ3n) is 6.60. The third kappa shape index (κ3) is 8.08. The highest BCUT2D eigenvalue weighted by Crippen LogP contribution is 2.27. The molecule has 4 rings (SSSR count). The van der Waals surface area contributed by atoms with E-state index in [0.29, 0.717) is 10.2 Å². The van der Waals surface area contributed by atoms with Gasteiger partial charge in [-0.25, -0.2) is 8.42 Å². The number of halogens is 1. The summed E-state index contributed by atoms with van der Waals surface area (Å²) in [7, 11) is -4.13. The second-order valence-electron chi connectivity index (χ2n) is 10.2. The molecular weight excluding hydrogens is 614 g/mol. The Morgan fingerprint density at radius 2 is 1.36 bits per heavy atom. The van der Waals surface area contributed by atoms with E-state index < -0.39 is 28.5 Å². The predicted molar refractivity (Wildman–Crippen MR) is 169 cm³/mol. The van der Waals surface area contributed by atoms with Crippen molar-refractivity contribution in [2.45, 2.75) is 43.8 Å². The van der Waals surface area contributed by atoms with Gasteiger partial charge in [0.25, 0.3) is 10.0 Å². The summed E-state index contributed by atoms with van der Waals surface area (Å²) in [5.74, 6) is -0.809. The molecule has 4 aromatic carbocycles. The van der Waals surface area contributed by atoms with Gasteiger partial charge in [-0.2, -0.15) is 0 Å². The minimum absolute atomic E-state index is 0.0609. The maximum absolute atomic E-state index is 14.3. The number of carbonyl (C=O) groups is 2. The van der Waals surface area contributed by atoms with Crippen molar-refractivity contribution in [2.24, 2.45) is 0 Å². The molecule has 2 amide bonds. The first-order valence-corrected chi connectivity index (χ1v) is 15.9. The van der Waals surface area contributed by atoms with Crippen LogP contribution in [-0.2, 0) is 32.6 Å². The van der Waals surface area contributed by atoms with Crippen LogP contribution in [0.2, 0.25) is 0 Å². The van der Waals surface area contributed by atoms with Crippen LogP contribution in [0.4, 0.5) is 5.69 Å². The maximum atomic E-state index is 14.3. The third-order valence-corrected chi connectivity index (χ3v) is 8.89. The second-order valence-corrected chi connectivity index (χ2v) is 13.0. The fraction of sp³-hybridized carbons (Fsp3) is 0.212. The van der Waals surface area contributed by atoms with Gasteiger partial charge in [-0.3, -0.25) is 13.9 Å². The fourth-order valence-corrected chi connectivity index (χ4v) is 6.41. The first-order chi connectivity index (χ1) is 20.1. The van der Waals surface area contributed by atoms with Crippen LogP contribution >= 0.6 is 15.9 Å². The zero-order chi connectivity index (χ0) is 30.1. The molecule has 0 saturated carbocycles. The highest BCUT2D eigenvalue weighted by Gasteiger charge is 2.34. The van der Waals surface area contributed by atoms with Crippen molar-refractivity contribution >= 4 is 43.5 Å². The van der Waals surface area contributed by atoms with Gasteiger partial charge in [0.15, 0.2) is 0 Å². The van der Waals surface area contributed by atoms with E-state index in [1.54, 1.807) is 42.5 Å². The lowest BCUT2D eigenvalue weighted by molar-refractivity contribution is -0.140. The highest BCUT2D eigenvalue weighted by molar-refractivity contribution is 9.10. The second kappa shape index (κ2) is 14.3. The van der Waals surface area contributed by atoms with Crippen LogP contribution in [0.15, 0.2) is 125 Å². The molecule has 7 nitrogen and oxygen atoms in total. The molecule has 0 aliphatic carbocycles. The van der Waals surface area contributed by atoms with Gasteiger partial charge in [-0.1, -0.05) is 101 Å². The Kier molecular flexibility index (Phi) is 10.5. The Labute approximate surface area is 256 Å². The van der Waals surface area contributed by atoms with E-state index in [4.69, 9.17) is 0 Å². The SMILES string of the molecule is CC(C)NC(=O)[C@@H](Cc1ccccc1)N(Cc1ccccc1)C(=O)CN(c1cccc(Br)c1)S(=O)(=O)c1ccccc1. The van der Waals surface area contributed by atoms with E-state index in [9.17, 15) is 18.0 Å². The average molecular weight is 649 g/mol. The number of nitrogens with one attached hydrogen (secondary N) is 1. The number of amides is 2. The Morgan fingerprint density at radius 3 is 1.93 bits per heavy atom. The minimum Gasteiger partial charge on any atom is -0.352 e. The van der Waals surface area contributed by atoms with Gasteiger partial charge in [0.1, 0.15) is 12.6 Å². The number of sulfonamides is 1. The van der Waals surface area contributed by atoms with Crippen LogP contribution in [0.5, 0.6) is 0 Å². The molecule has 0 spiro atoms. The summed E-state index contributed by atoms with van der Waals surface area (Å²) in [4.78, 5) is 29.6. The minimum atomic E-state index is -4.13. The summed E-state index contributed by atoms with van der Waals surface area (Å²) in [6.45, 7) is 3.35. The number of hydrogen-bond donors (Lipinski definition) is 1. The molecule has 0 aliphatic heterocycles. The van der Waals surface area contributed by atoms with E-state index in [1.165, 1.54) is 17.0 Å². The Hall–Kier alpha value is -3.95. The van der Waals surface area contributed by atoms with Crippen molar-refractivity contribution in [3.63, 3.8) is 0 Å². The van der Waals surface area contributed by atoms with Gasteiger partial charge in [0.2, 0.25) is 11.8 Å². The molecule has 4 aromatic rings. The first-order valence-electron chi connectivity index (χ1n) is 13.7. The van der Waals surface area contributed by atoms with Crippen LogP contribution in [0.3, 0.4) is 0 Å². The Morgan fingerprint density at radius 1 is 0.786 bits per heavy atom. The quantitative estimate of drug-likeness (QED) is 0.210. The number of benzene rings is 4. The molecule has 0 aliphatic rings. The summed E-state index contributed by atoms with van der Waals surface area (Å²) in [5, 5.41) is 2.96. The van der Waals surface area contributed by atoms with E-state index in [2.05, 4.69) is 21.2 Å². The summed E-state index contributed by atoms with van der Waals surface area (Å²) in [5.41, 5.74) is 2.03. The maximum Gasteiger partial charge on any atom is 0.264 e. The molecule has 0 unspecified atom stereocenters. The topological polar surface area (TPSA) is 86.8 Å². The monoisotopic (exact) mass is 647 g/mol. The zero-order valence-corrected chi connectivity index (χ0v) is 26.0. The van der Waals surface area contributed by atoms with Gasteiger partial charge in [-0.05, 0) is 55.3 Å². The molecule has 9 heteroatoms. The number of hydrogen-bond acceptors (Lipinski definition) is 4. The van der Waals surface area contributed by atoms with Crippen molar-refractivity contribution in [1.82, 2.24) is 10.2 Å². The largest absolute Gasteiger partial charge is 0.352 e. The number of carbonyl (C=O) groups excluding carboxylic acids is 2. The molecule has 0 heterocycles. The van der Waals surface area contributed by atoms with Crippen LogP contribution < -0.4 is 9.62 Å². The molecular formula is C33H34BrN3O4S. The molecule has 218 valence electrons. The smallest absolute Gasteiger partial charge is 0.264 e. The van der Waals surface area contributed by atoms with Crippen molar-refractivity contribution in [3.05, 3.63) is 131 Å². The van der Waals surface area contributed by atoms with E-state index >= 15 is 0 Å². The molecule has 42 heavy (non-hydrogen) atoms. The van der Waals surface area contributed by atoms with Crippen LogP contribution in [0.1, 0.15) is 25.0 Å². The van der Waals surface area contributed by atoms with Gasteiger partial charge >= 0.3 is 0 Å². The zero-order valence-electron chi connectivity index (χ0n) is 23.6. The van der Waals surface area contributed by atoms with Crippen LogP contribution in [0.25, 0.3) is 0 Å². The lowest BCUT2D eigenvalue weighted by Gasteiger charge is -2.34. The fourth-order valence-electron chi connectivity index (χ4n) is 4.59. The van der Waals surface area contributed by atoms with E-state index in [1.807, 2.05) is 74.5 Å². The summed E-state index contributed by atoms with van der Waals surface area (Å²) in [6.07, 6.45) is 0.264. The number of anilines is 1. The van der Waals surface area contributed by atoms with Crippen molar-refractivity contribution in [2.75, 3.05) is 10.8 Å². The van der Waals surface area contributed by atoms with Gasteiger partial charge in [-0.15, -0.1) is 0 Å². The molecule has 1 N–H and O–H groups in total. The van der Waals surface area contributed by atoms with Crippen LogP contribution in [-0.4, -0.2) is 43.8 Å². The van der Waals surface area contributed by atoms with Gasteiger partial charge < -0.3 is 10.2 Å². The normalized spacial score (nSPS) is 12.0. The Bertz CT molecular complexity index is 1580. The standard InChI is InChI=1S/C33H34BrN3O4S/c1-25(2)35-33(39)31(21-26-13-6-3-7-14-26)36(23-27-15-8-4-9-16-27)32(38)24-37(29-18-12-17-28(34)22-29)42(40,41)30-19-10-5-11-20-30/h3-20,22,25,31H,21,23-24H2,1-2H3,(H,35,39)/t31-/m1/s1. The number of nitrogens with zero attached hydrogens (tertiary/aromatic N) is 2. The first kappa shape index (κ1) is 31.0. The Balaban J connectivity index is 1.79. The average Bonchev–Trinajstić information content (AvgIpc) is 2.98. The van der Waals surface area contributed by atoms with Crippen molar-refractivity contribution in [1.29, 1.82) is 0 Å². The molecule has 0 aromatic heterocycles. The number of rotatable bonds is 12. The van der Waals surface area contributed by atoms with Crippen molar-refractivity contribution in [3.8, 4) is 0 Å². The van der Waals surface area contributed by atoms with E-state index in [0.717, 1.165) is 15.4 Å². The molecule has 0 saturated heterocycles. The molecule has 0 fully saturated rings. The lowest BCUT2D eigenvalue weighted by Crippen LogP contribution is -2.54. The molecule has 0 bridgehead atoms. The summed E-state index contributed by atoms with van der Waals surface area (Å²) < 4.78 is 29.7. The summed E-state index contributed by atoms with van der Waals surface area (Å²) in [6, 6.07) is 32.6. The van der Waals surface area contributed by atoms with Gasteiger partial charge in [0, 0.05) is 23.5 Å². The van der Waals surface area contributed by atoms with Crippen molar-refractivity contribution < 1.29 is 18.0 Å². The van der Waals surface area contributed by atoms with E-state index in [-0.39, 0.29) is 29.8 Å². The summed E-state index contributed by atoms with van der Waals surface area (Å²) >= 11 is 3.43. The molecule has 0 radical (unpaired) electrons.